The monoisotopic (exact) mass is 411 g/mol. The van der Waals surface area contributed by atoms with Gasteiger partial charge in [-0.05, 0) is 30.3 Å². The molecule has 1 aromatic heterocycles. The first-order chi connectivity index (χ1) is 13.9. The highest BCUT2D eigenvalue weighted by molar-refractivity contribution is 7.21. The number of thiazole rings is 1. The molecule has 4 rings (SSSR count). The normalized spacial score (nSPS) is 10.8. The van der Waals surface area contributed by atoms with Crippen molar-refractivity contribution >= 4 is 38.8 Å². The number of aromatic nitrogens is 1. The highest BCUT2D eigenvalue weighted by Gasteiger charge is 2.21. The summed E-state index contributed by atoms with van der Waals surface area (Å²) in [6.07, 6.45) is 0. The van der Waals surface area contributed by atoms with Gasteiger partial charge in [-0.25, -0.2) is 13.8 Å². The minimum absolute atomic E-state index is 0.0332. The van der Waals surface area contributed by atoms with Crippen LogP contribution in [0.25, 0.3) is 20.8 Å². The van der Waals surface area contributed by atoms with Crippen LogP contribution in [-0.4, -0.2) is 15.8 Å². The molecule has 6 nitrogen and oxygen atoms in total. The quantitative estimate of drug-likeness (QED) is 0.360. The van der Waals surface area contributed by atoms with Crippen LogP contribution in [0.4, 0.5) is 20.2 Å². The molecule has 0 aliphatic carbocycles. The van der Waals surface area contributed by atoms with Crippen LogP contribution < -0.4 is 5.32 Å². The van der Waals surface area contributed by atoms with Gasteiger partial charge in [0.15, 0.2) is 0 Å². The van der Waals surface area contributed by atoms with Crippen molar-refractivity contribution < 1.29 is 18.5 Å². The summed E-state index contributed by atoms with van der Waals surface area (Å²) in [6, 6.07) is 14.3. The first kappa shape index (κ1) is 18.6. The maximum atomic E-state index is 14.0. The Morgan fingerprint density at radius 2 is 1.76 bits per heavy atom. The van der Waals surface area contributed by atoms with Gasteiger partial charge in [0.25, 0.3) is 11.6 Å². The fourth-order valence-corrected chi connectivity index (χ4v) is 3.83. The van der Waals surface area contributed by atoms with Crippen molar-refractivity contribution in [3.05, 3.63) is 88.0 Å². The lowest BCUT2D eigenvalue weighted by atomic mass is 10.1. The number of carbonyl (C=O) groups excluding carboxylic acids is 1. The molecule has 0 aliphatic rings. The predicted octanol–water partition coefficient (Wildman–Crippen LogP) is 5.40. The number of hydrogen-bond donors (Lipinski definition) is 1. The van der Waals surface area contributed by atoms with E-state index in [2.05, 4.69) is 10.3 Å². The second-order valence-corrected chi connectivity index (χ2v) is 7.06. The lowest BCUT2D eigenvalue weighted by Crippen LogP contribution is -2.16. The van der Waals surface area contributed by atoms with Gasteiger partial charge in [0.1, 0.15) is 22.2 Å². The maximum Gasteiger partial charge on any atom is 0.271 e. The van der Waals surface area contributed by atoms with Crippen LogP contribution in [-0.2, 0) is 0 Å². The Labute approximate surface area is 166 Å². The van der Waals surface area contributed by atoms with Gasteiger partial charge in [-0.3, -0.25) is 14.9 Å². The van der Waals surface area contributed by atoms with Crippen molar-refractivity contribution in [1.29, 1.82) is 0 Å². The average molecular weight is 411 g/mol. The Morgan fingerprint density at radius 1 is 1.03 bits per heavy atom. The van der Waals surface area contributed by atoms with E-state index in [1.54, 1.807) is 0 Å². The molecule has 144 valence electrons. The third-order valence-electron chi connectivity index (χ3n) is 4.18. The van der Waals surface area contributed by atoms with Crippen molar-refractivity contribution in [3.63, 3.8) is 0 Å². The number of nitro benzene ring substituents is 1. The zero-order chi connectivity index (χ0) is 20.5. The van der Waals surface area contributed by atoms with E-state index in [0.717, 1.165) is 34.5 Å². The number of amides is 1. The molecule has 0 saturated carbocycles. The van der Waals surface area contributed by atoms with Gasteiger partial charge >= 0.3 is 0 Å². The molecule has 1 heterocycles. The SMILES string of the molecule is O=C(Nc1cc([N+](=O)[O-])ccc1-c1nc2ccccc2s1)c1c(F)cccc1F. The van der Waals surface area contributed by atoms with Gasteiger partial charge < -0.3 is 5.32 Å². The standard InChI is InChI=1S/C20H11F2N3O3S/c21-13-4-3-5-14(22)18(13)19(26)23-16-10-11(25(27)28)8-9-12(16)20-24-15-6-1-2-7-17(15)29-20/h1-10H,(H,23,26). The molecule has 0 radical (unpaired) electrons. The fourth-order valence-electron chi connectivity index (χ4n) is 2.82. The molecule has 9 heteroatoms. The van der Waals surface area contributed by atoms with Crippen molar-refractivity contribution in [2.24, 2.45) is 0 Å². The van der Waals surface area contributed by atoms with Gasteiger partial charge in [0.2, 0.25) is 0 Å². The minimum atomic E-state index is -1.05. The molecular formula is C20H11F2N3O3S. The molecule has 1 amide bonds. The zero-order valence-corrected chi connectivity index (χ0v) is 15.4. The van der Waals surface area contributed by atoms with Gasteiger partial charge in [-0.2, -0.15) is 0 Å². The number of halogens is 2. The highest BCUT2D eigenvalue weighted by atomic mass is 32.1. The Kier molecular flexibility index (Phi) is 4.73. The number of carbonyl (C=O) groups is 1. The fraction of sp³-hybridized carbons (Fsp3) is 0. The molecule has 0 unspecified atom stereocenters. The smallest absolute Gasteiger partial charge is 0.271 e. The number of hydrogen-bond acceptors (Lipinski definition) is 5. The van der Waals surface area contributed by atoms with E-state index in [1.165, 1.54) is 23.5 Å². The van der Waals surface area contributed by atoms with Crippen LogP contribution in [0.1, 0.15) is 10.4 Å². The van der Waals surface area contributed by atoms with Gasteiger partial charge in [0, 0.05) is 17.7 Å². The summed E-state index contributed by atoms with van der Waals surface area (Å²) in [5, 5.41) is 14.1. The Hall–Kier alpha value is -3.72. The van der Waals surface area contributed by atoms with E-state index in [0.29, 0.717) is 10.6 Å². The Bertz CT molecular complexity index is 1220. The first-order valence-corrected chi connectivity index (χ1v) is 9.15. The molecule has 29 heavy (non-hydrogen) atoms. The molecule has 1 N–H and O–H groups in total. The maximum absolute atomic E-state index is 14.0. The topological polar surface area (TPSA) is 85.1 Å². The Balaban J connectivity index is 1.81. The summed E-state index contributed by atoms with van der Waals surface area (Å²) >= 11 is 1.33. The number of non-ortho nitro benzene ring substituents is 1. The molecule has 0 saturated heterocycles. The summed E-state index contributed by atoms with van der Waals surface area (Å²) in [7, 11) is 0. The van der Waals surface area contributed by atoms with E-state index in [1.807, 2.05) is 24.3 Å². The van der Waals surface area contributed by atoms with Gasteiger partial charge in [-0.15, -0.1) is 11.3 Å². The van der Waals surface area contributed by atoms with Crippen LogP contribution in [0.15, 0.2) is 60.7 Å². The predicted molar refractivity (Wildman–Crippen MR) is 106 cm³/mol. The number of benzene rings is 3. The van der Waals surface area contributed by atoms with Gasteiger partial charge in [0.05, 0.1) is 20.8 Å². The third kappa shape index (κ3) is 3.55. The van der Waals surface area contributed by atoms with E-state index in [9.17, 15) is 23.7 Å². The lowest BCUT2D eigenvalue weighted by molar-refractivity contribution is -0.384. The van der Waals surface area contributed by atoms with Crippen LogP contribution in [0.2, 0.25) is 0 Å². The summed E-state index contributed by atoms with van der Waals surface area (Å²) in [4.78, 5) is 27.5. The van der Waals surface area contributed by atoms with Crippen molar-refractivity contribution in [1.82, 2.24) is 4.98 Å². The number of nitrogens with zero attached hydrogens (tertiary/aromatic N) is 2. The third-order valence-corrected chi connectivity index (χ3v) is 5.25. The second kappa shape index (κ2) is 7.36. The molecule has 0 atom stereocenters. The molecular weight excluding hydrogens is 400 g/mol. The van der Waals surface area contributed by atoms with Crippen LogP contribution in [0.3, 0.4) is 0 Å². The molecule has 0 bridgehead atoms. The molecule has 0 spiro atoms. The molecule has 4 aromatic rings. The lowest BCUT2D eigenvalue weighted by Gasteiger charge is -2.10. The number of rotatable bonds is 4. The van der Waals surface area contributed by atoms with Crippen molar-refractivity contribution in [2.75, 3.05) is 5.32 Å². The summed E-state index contributed by atoms with van der Waals surface area (Å²) < 4.78 is 28.8. The summed E-state index contributed by atoms with van der Waals surface area (Å²) in [5.74, 6) is -3.12. The largest absolute Gasteiger partial charge is 0.321 e. The first-order valence-electron chi connectivity index (χ1n) is 8.34. The zero-order valence-electron chi connectivity index (χ0n) is 14.6. The number of para-hydroxylation sites is 1. The number of anilines is 1. The van der Waals surface area contributed by atoms with E-state index in [-0.39, 0.29) is 11.4 Å². The van der Waals surface area contributed by atoms with Crippen molar-refractivity contribution in [2.45, 2.75) is 0 Å². The Morgan fingerprint density at radius 3 is 2.45 bits per heavy atom. The number of fused-ring (bicyclic) bond motifs is 1. The van der Waals surface area contributed by atoms with Crippen LogP contribution in [0.5, 0.6) is 0 Å². The minimum Gasteiger partial charge on any atom is -0.321 e. The van der Waals surface area contributed by atoms with E-state index in [4.69, 9.17) is 0 Å². The van der Waals surface area contributed by atoms with E-state index < -0.39 is 28.0 Å². The van der Waals surface area contributed by atoms with Crippen molar-refractivity contribution in [3.8, 4) is 10.6 Å². The van der Waals surface area contributed by atoms with Crippen LogP contribution >= 0.6 is 11.3 Å². The van der Waals surface area contributed by atoms with E-state index >= 15 is 0 Å². The highest BCUT2D eigenvalue weighted by Crippen LogP contribution is 2.36. The number of nitrogens with one attached hydrogen (secondary N) is 1. The molecule has 0 aliphatic heterocycles. The van der Waals surface area contributed by atoms with Gasteiger partial charge in [-0.1, -0.05) is 18.2 Å². The second-order valence-electron chi connectivity index (χ2n) is 6.02. The van der Waals surface area contributed by atoms with Crippen LogP contribution in [0, 0.1) is 21.7 Å². The average Bonchev–Trinajstić information content (AvgIpc) is 3.11. The summed E-state index contributed by atoms with van der Waals surface area (Å²) in [5.41, 5.74) is 0.115. The number of nitro groups is 1. The summed E-state index contributed by atoms with van der Waals surface area (Å²) in [6.45, 7) is 0. The molecule has 3 aromatic carbocycles. The molecule has 0 fully saturated rings.